The molecule has 0 bridgehead atoms. The summed E-state index contributed by atoms with van der Waals surface area (Å²) in [6.07, 6.45) is 2.57. The molecule has 1 aromatic heterocycles. The molecule has 3 N–H and O–H groups in total. The van der Waals surface area contributed by atoms with Crippen molar-refractivity contribution in [2.24, 2.45) is 12.8 Å². The lowest BCUT2D eigenvalue weighted by molar-refractivity contribution is -0.107. The lowest BCUT2D eigenvalue weighted by atomic mass is 10.2. The van der Waals surface area contributed by atoms with Crippen LogP contribution in [0.1, 0.15) is 11.1 Å². The number of carbonyl (C=O) groups excluding carboxylic acids is 1. The van der Waals surface area contributed by atoms with Gasteiger partial charge >= 0.3 is 0 Å². The third-order valence-electron chi connectivity index (χ3n) is 4.24. The van der Waals surface area contributed by atoms with Crippen LogP contribution in [-0.4, -0.2) is 16.2 Å². The van der Waals surface area contributed by atoms with Gasteiger partial charge < -0.3 is 16.0 Å². The molecular formula is C19H18Cl3N5O. The van der Waals surface area contributed by atoms with E-state index in [1.807, 2.05) is 19.2 Å². The molecule has 0 saturated carbocycles. The molecule has 1 aliphatic rings. The Labute approximate surface area is 177 Å². The smallest absolute Gasteiger partial charge is 0.214 e. The van der Waals surface area contributed by atoms with E-state index in [9.17, 15) is 4.79 Å². The van der Waals surface area contributed by atoms with Crippen LogP contribution in [0, 0.1) is 0 Å². The molecule has 2 aromatic carbocycles. The predicted octanol–water partition coefficient (Wildman–Crippen LogP) is 4.75. The summed E-state index contributed by atoms with van der Waals surface area (Å²) >= 11 is 17.4. The number of amides is 1. The van der Waals surface area contributed by atoms with E-state index in [-0.39, 0.29) is 0 Å². The molecule has 0 fully saturated rings. The van der Waals surface area contributed by atoms with Crippen LogP contribution < -0.4 is 16.0 Å². The number of hydrogen-bond acceptors (Lipinski definition) is 4. The van der Waals surface area contributed by atoms with Gasteiger partial charge in [0.2, 0.25) is 6.41 Å². The van der Waals surface area contributed by atoms with Crippen LogP contribution in [0.5, 0.6) is 0 Å². The van der Waals surface area contributed by atoms with E-state index in [2.05, 4.69) is 10.4 Å². The summed E-state index contributed by atoms with van der Waals surface area (Å²) in [6, 6.07) is 10.7. The number of rotatable bonds is 2. The molecule has 146 valence electrons. The van der Waals surface area contributed by atoms with E-state index in [0.717, 1.165) is 34.7 Å². The normalized spacial score (nSPS) is 12.1. The number of anilines is 3. The van der Waals surface area contributed by atoms with Crippen LogP contribution in [0.3, 0.4) is 0 Å². The first-order valence-corrected chi connectivity index (χ1v) is 9.49. The Morgan fingerprint density at radius 3 is 2.57 bits per heavy atom. The van der Waals surface area contributed by atoms with Crippen molar-refractivity contribution in [3.63, 3.8) is 0 Å². The van der Waals surface area contributed by atoms with Crippen LogP contribution in [-0.2, 0) is 24.9 Å². The van der Waals surface area contributed by atoms with Crippen molar-refractivity contribution in [3.05, 3.63) is 68.8 Å². The van der Waals surface area contributed by atoms with Crippen LogP contribution in [0.4, 0.5) is 17.2 Å². The fourth-order valence-electron chi connectivity index (χ4n) is 2.80. The summed E-state index contributed by atoms with van der Waals surface area (Å²) in [7, 11) is 1.85. The summed E-state index contributed by atoms with van der Waals surface area (Å²) < 4.78 is 1.74. The van der Waals surface area contributed by atoms with E-state index in [0.29, 0.717) is 28.2 Å². The minimum atomic E-state index is 0.454. The van der Waals surface area contributed by atoms with Gasteiger partial charge in [-0.1, -0.05) is 40.9 Å². The lowest BCUT2D eigenvalue weighted by Gasteiger charge is -2.17. The molecule has 0 saturated heterocycles. The third kappa shape index (κ3) is 4.42. The average Bonchev–Trinajstić information content (AvgIpc) is 2.92. The van der Waals surface area contributed by atoms with Gasteiger partial charge in [-0.3, -0.25) is 9.48 Å². The van der Waals surface area contributed by atoms with Crippen molar-refractivity contribution in [2.45, 2.75) is 13.1 Å². The lowest BCUT2D eigenvalue weighted by Crippen LogP contribution is -2.19. The summed E-state index contributed by atoms with van der Waals surface area (Å²) in [5, 5.41) is 9.35. The monoisotopic (exact) mass is 437 g/mol. The van der Waals surface area contributed by atoms with Gasteiger partial charge in [0.05, 0.1) is 24.1 Å². The fourth-order valence-corrected chi connectivity index (χ4v) is 3.45. The predicted molar refractivity (Wildman–Crippen MR) is 115 cm³/mol. The number of nitrogens with one attached hydrogen (secondary N) is 1. The highest BCUT2D eigenvalue weighted by molar-refractivity contribution is 6.35. The molecule has 2 heterocycles. The Morgan fingerprint density at radius 2 is 1.89 bits per heavy atom. The van der Waals surface area contributed by atoms with Gasteiger partial charge in [-0.25, -0.2) is 0 Å². The maximum absolute atomic E-state index is 11.2. The second-order valence-corrected chi connectivity index (χ2v) is 7.38. The molecule has 9 heteroatoms. The molecule has 4 rings (SSSR count). The number of nitrogens with zero attached hydrogens (tertiary/aromatic N) is 3. The maximum Gasteiger partial charge on any atom is 0.214 e. The summed E-state index contributed by atoms with van der Waals surface area (Å²) in [6.45, 7) is 0.949. The Kier molecular flexibility index (Phi) is 6.46. The molecule has 0 spiro atoms. The minimum Gasteiger partial charge on any atom is -0.338 e. The molecule has 0 radical (unpaired) electrons. The van der Waals surface area contributed by atoms with E-state index in [1.165, 1.54) is 0 Å². The molecule has 1 aliphatic heterocycles. The van der Waals surface area contributed by atoms with Crippen molar-refractivity contribution in [3.8, 4) is 0 Å². The van der Waals surface area contributed by atoms with Crippen LogP contribution in [0.15, 0.2) is 42.6 Å². The Morgan fingerprint density at radius 1 is 1.18 bits per heavy atom. The van der Waals surface area contributed by atoms with Gasteiger partial charge in [-0.15, -0.1) is 0 Å². The van der Waals surface area contributed by atoms with E-state index in [1.54, 1.807) is 40.0 Å². The maximum atomic E-state index is 11.2. The van der Waals surface area contributed by atoms with Gasteiger partial charge in [0, 0.05) is 34.2 Å². The highest BCUT2D eigenvalue weighted by Gasteiger charge is 2.21. The van der Waals surface area contributed by atoms with Gasteiger partial charge in [0.25, 0.3) is 0 Å². The number of carbonyl (C=O) groups is 1. The number of aromatic nitrogens is 2. The third-order valence-corrected chi connectivity index (χ3v) is 5.06. The molecule has 28 heavy (non-hydrogen) atoms. The molecule has 0 aliphatic carbocycles. The first kappa shape index (κ1) is 20.5. The number of halogens is 3. The summed E-state index contributed by atoms with van der Waals surface area (Å²) in [4.78, 5) is 12.8. The van der Waals surface area contributed by atoms with Gasteiger partial charge in [-0.2, -0.15) is 5.10 Å². The first-order chi connectivity index (χ1) is 13.4. The van der Waals surface area contributed by atoms with Crippen molar-refractivity contribution in [1.29, 1.82) is 0 Å². The first-order valence-electron chi connectivity index (χ1n) is 8.36. The number of fused-ring (bicyclic) bond motifs is 2. The number of nitrogens with two attached hydrogens (primary N) is 1. The molecule has 1 amide bonds. The van der Waals surface area contributed by atoms with Gasteiger partial charge in [0.1, 0.15) is 5.82 Å². The standard InChI is InChI=1S/C12H11ClN4O.C7H7Cl2N/c1-16-12-8(5-14-16)6-17(7-18)11-3-2-9(13)4-10(11)15-12;8-6-2-1-5(4-10)7(9)3-6/h2-5,7,15H,6H2,1H3;1-3H,4,10H2. The molecule has 3 aromatic rings. The summed E-state index contributed by atoms with van der Waals surface area (Å²) in [5.41, 5.74) is 8.88. The minimum absolute atomic E-state index is 0.454. The largest absolute Gasteiger partial charge is 0.338 e. The van der Waals surface area contributed by atoms with Crippen molar-refractivity contribution < 1.29 is 4.79 Å². The Bertz CT molecular complexity index is 1010. The zero-order chi connectivity index (χ0) is 20.3. The van der Waals surface area contributed by atoms with Crippen LogP contribution in [0.2, 0.25) is 15.1 Å². The highest BCUT2D eigenvalue weighted by atomic mass is 35.5. The Hall–Kier alpha value is -2.25. The quantitative estimate of drug-likeness (QED) is 0.566. The fraction of sp³-hybridized carbons (Fsp3) is 0.158. The average molecular weight is 439 g/mol. The molecule has 0 atom stereocenters. The topological polar surface area (TPSA) is 76.2 Å². The molecule has 0 unspecified atom stereocenters. The van der Waals surface area contributed by atoms with E-state index in [4.69, 9.17) is 40.5 Å². The second kappa shape index (κ2) is 8.84. The summed E-state index contributed by atoms with van der Waals surface area (Å²) in [5.74, 6) is 0.878. The van der Waals surface area contributed by atoms with Crippen molar-refractivity contribution in [2.75, 3.05) is 10.2 Å². The zero-order valence-electron chi connectivity index (χ0n) is 15.0. The van der Waals surface area contributed by atoms with E-state index < -0.39 is 0 Å². The van der Waals surface area contributed by atoms with Crippen molar-refractivity contribution >= 4 is 58.4 Å². The number of benzene rings is 2. The SMILES string of the molecule is Cn1ncc2c1Nc1cc(Cl)ccc1N(C=O)C2.NCc1ccc(Cl)cc1Cl. The zero-order valence-corrected chi connectivity index (χ0v) is 17.3. The Balaban J connectivity index is 0.000000192. The highest BCUT2D eigenvalue weighted by Crippen LogP contribution is 2.36. The van der Waals surface area contributed by atoms with Crippen LogP contribution >= 0.6 is 34.8 Å². The van der Waals surface area contributed by atoms with Gasteiger partial charge in [0.15, 0.2) is 0 Å². The number of hydrogen-bond donors (Lipinski definition) is 2. The molecule has 6 nitrogen and oxygen atoms in total. The molecular weight excluding hydrogens is 421 g/mol. The second-order valence-electron chi connectivity index (χ2n) is 6.10. The van der Waals surface area contributed by atoms with Crippen molar-refractivity contribution in [1.82, 2.24) is 9.78 Å². The van der Waals surface area contributed by atoms with Crippen LogP contribution in [0.25, 0.3) is 0 Å². The van der Waals surface area contributed by atoms with Gasteiger partial charge in [-0.05, 0) is 35.9 Å². The number of aryl methyl sites for hydroxylation is 1. The van der Waals surface area contributed by atoms with E-state index >= 15 is 0 Å².